The van der Waals surface area contributed by atoms with Crippen LogP contribution < -0.4 is 0 Å². The molecule has 0 amide bonds. The van der Waals surface area contributed by atoms with Crippen LogP contribution in [0.4, 0.5) is 0 Å². The Balaban J connectivity index is 2.08. The van der Waals surface area contributed by atoms with Crippen molar-refractivity contribution in [2.45, 2.75) is 66.7 Å². The highest BCUT2D eigenvalue weighted by Crippen LogP contribution is 2.33. The lowest BCUT2D eigenvalue weighted by Crippen LogP contribution is -2.32. The Morgan fingerprint density at radius 3 is 2.74 bits per heavy atom. The van der Waals surface area contributed by atoms with Crippen LogP contribution in [-0.2, 0) is 9.47 Å². The topological polar surface area (TPSA) is 18.5 Å². The third-order valence-corrected chi connectivity index (χ3v) is 5.58. The van der Waals surface area contributed by atoms with Crippen LogP contribution in [0.1, 0.15) is 32.6 Å². The lowest BCUT2D eigenvalue weighted by atomic mass is 10.1. The molecule has 0 spiro atoms. The van der Waals surface area contributed by atoms with Crippen LogP contribution in [0.5, 0.6) is 0 Å². The number of fused-ring (bicyclic) bond motifs is 1. The molecule has 0 aromatic carbocycles. The van der Waals surface area contributed by atoms with Gasteiger partial charge in [-0.15, -0.1) is 6.42 Å². The van der Waals surface area contributed by atoms with Crippen LogP contribution in [0.3, 0.4) is 0 Å². The zero-order valence-electron chi connectivity index (χ0n) is 11.1. The molecule has 0 aromatic heterocycles. The highest BCUT2D eigenvalue weighted by molar-refractivity contribution is 9.09. The lowest BCUT2D eigenvalue weighted by Gasteiger charge is -2.26. The van der Waals surface area contributed by atoms with Gasteiger partial charge in [-0.1, -0.05) is 56.9 Å². The summed E-state index contributed by atoms with van der Waals surface area (Å²) in [6.07, 6.45) is 14.2. The predicted molar refractivity (Wildman–Crippen MR) is 84.9 cm³/mol. The van der Waals surface area contributed by atoms with Gasteiger partial charge in [0.15, 0.2) is 0 Å². The van der Waals surface area contributed by atoms with Crippen LogP contribution in [0.25, 0.3) is 0 Å². The molecule has 2 rings (SSSR count). The van der Waals surface area contributed by atoms with Gasteiger partial charge in [0.1, 0.15) is 4.83 Å². The van der Waals surface area contributed by atoms with E-state index in [-0.39, 0.29) is 29.2 Å². The van der Waals surface area contributed by atoms with Crippen LogP contribution in [-0.4, -0.2) is 34.1 Å². The smallest absolute Gasteiger partial charge is 0.101 e. The summed E-state index contributed by atoms with van der Waals surface area (Å²) in [6, 6.07) is 0. The van der Waals surface area contributed by atoms with E-state index in [4.69, 9.17) is 15.9 Å². The maximum absolute atomic E-state index is 6.28. The van der Waals surface area contributed by atoms with Gasteiger partial charge in [-0.2, -0.15) is 0 Å². The number of hydrogen-bond acceptors (Lipinski definition) is 2. The van der Waals surface area contributed by atoms with Gasteiger partial charge in [-0.3, -0.25) is 0 Å². The summed E-state index contributed by atoms with van der Waals surface area (Å²) in [6.45, 7) is 2.16. The molecule has 0 bridgehead atoms. The van der Waals surface area contributed by atoms with Crippen molar-refractivity contribution in [3.8, 4) is 12.3 Å². The third-order valence-electron chi connectivity index (χ3n) is 3.77. The van der Waals surface area contributed by atoms with Gasteiger partial charge in [-0.05, 0) is 19.3 Å². The van der Waals surface area contributed by atoms with E-state index in [2.05, 4.69) is 56.9 Å². The van der Waals surface area contributed by atoms with E-state index in [0.717, 1.165) is 25.7 Å². The molecule has 106 valence electrons. The number of allylic oxidation sites excluding steroid dienone is 1. The van der Waals surface area contributed by atoms with Gasteiger partial charge in [-0.25, -0.2) is 0 Å². The zero-order chi connectivity index (χ0) is 13.8. The van der Waals surface area contributed by atoms with Crippen molar-refractivity contribution in [2.75, 3.05) is 0 Å². The summed E-state index contributed by atoms with van der Waals surface area (Å²) < 4.78 is 12.3. The third kappa shape index (κ3) is 3.85. The lowest BCUT2D eigenvalue weighted by molar-refractivity contribution is -0.0540. The number of rotatable bonds is 2. The highest BCUT2D eigenvalue weighted by Gasteiger charge is 2.40. The Bertz CT molecular complexity index is 364. The summed E-state index contributed by atoms with van der Waals surface area (Å²) in [5.74, 6) is 2.70. The van der Waals surface area contributed by atoms with Crippen LogP contribution >= 0.6 is 31.9 Å². The molecule has 6 atom stereocenters. The van der Waals surface area contributed by atoms with E-state index in [0.29, 0.717) is 4.83 Å². The second-order valence-corrected chi connectivity index (χ2v) is 7.26. The first-order chi connectivity index (χ1) is 9.15. The summed E-state index contributed by atoms with van der Waals surface area (Å²) in [4.78, 5) is 0.342. The molecule has 2 aliphatic rings. The number of terminal acetylenes is 1. The molecule has 0 aromatic rings. The molecule has 2 aliphatic heterocycles. The molecule has 4 heteroatoms. The van der Waals surface area contributed by atoms with Crippen molar-refractivity contribution in [2.24, 2.45) is 0 Å². The molecule has 0 radical (unpaired) electrons. The van der Waals surface area contributed by atoms with Crippen LogP contribution in [0.2, 0.25) is 0 Å². The molecule has 2 heterocycles. The molecule has 2 nitrogen and oxygen atoms in total. The minimum absolute atomic E-state index is 0.0321. The molecule has 0 unspecified atom stereocenters. The molecular formula is C15H20Br2O2. The average Bonchev–Trinajstić information content (AvgIpc) is 2.83. The minimum Gasteiger partial charge on any atom is -0.371 e. The average molecular weight is 392 g/mol. The maximum Gasteiger partial charge on any atom is 0.101 e. The zero-order valence-corrected chi connectivity index (χ0v) is 14.3. The molecule has 19 heavy (non-hydrogen) atoms. The predicted octanol–water partition coefficient (Wildman–Crippen LogP) is 3.82. The van der Waals surface area contributed by atoms with Crippen molar-refractivity contribution in [3.63, 3.8) is 0 Å². The van der Waals surface area contributed by atoms with E-state index in [1.807, 2.05) is 0 Å². The van der Waals surface area contributed by atoms with Gasteiger partial charge in [0.05, 0.1) is 24.4 Å². The van der Waals surface area contributed by atoms with Crippen LogP contribution in [0, 0.1) is 12.3 Å². The van der Waals surface area contributed by atoms with Gasteiger partial charge in [0.2, 0.25) is 0 Å². The van der Waals surface area contributed by atoms with E-state index >= 15 is 0 Å². The van der Waals surface area contributed by atoms with Crippen molar-refractivity contribution in [3.05, 3.63) is 12.2 Å². The second kappa shape index (κ2) is 7.26. The number of hydrogen-bond donors (Lipinski definition) is 0. The Kier molecular flexibility index (Phi) is 5.95. The van der Waals surface area contributed by atoms with Gasteiger partial charge >= 0.3 is 0 Å². The van der Waals surface area contributed by atoms with Crippen molar-refractivity contribution in [1.29, 1.82) is 0 Å². The summed E-state index contributed by atoms with van der Waals surface area (Å²) in [5, 5.41) is 0. The number of ether oxygens (including phenoxy) is 2. The van der Waals surface area contributed by atoms with Gasteiger partial charge < -0.3 is 9.47 Å². The van der Waals surface area contributed by atoms with Crippen LogP contribution in [0.15, 0.2) is 12.2 Å². The minimum atomic E-state index is -0.0321. The summed E-state index contributed by atoms with van der Waals surface area (Å²) >= 11 is 7.22. The van der Waals surface area contributed by atoms with Crippen molar-refractivity contribution < 1.29 is 9.47 Å². The SMILES string of the molecule is C#C[C@@H](Br)[C@H]1C[C@@H]2O[C@H](CC)[C@@H](Br)C/C=C\C[C@@H]2O1. The first kappa shape index (κ1) is 15.6. The Morgan fingerprint density at radius 1 is 1.32 bits per heavy atom. The summed E-state index contributed by atoms with van der Waals surface area (Å²) in [5.41, 5.74) is 0. The first-order valence-corrected chi connectivity index (χ1v) is 8.69. The Hall–Kier alpha value is 0.180. The standard InChI is InChI=1S/C15H20Br2O2/c1-3-10(16)14-9-15-13(19-14)8-6-5-7-11(17)12(4-2)18-15/h1,5-6,10-15H,4,7-9H2,2H3/b6-5-/t10-,11+,12-,13+,14-,15+/m1/s1. The van der Waals surface area contributed by atoms with E-state index < -0.39 is 0 Å². The fourth-order valence-corrected chi connectivity index (χ4v) is 3.72. The van der Waals surface area contributed by atoms with Crippen molar-refractivity contribution in [1.82, 2.24) is 0 Å². The fraction of sp³-hybridized carbons (Fsp3) is 0.733. The van der Waals surface area contributed by atoms with E-state index in [9.17, 15) is 0 Å². The van der Waals surface area contributed by atoms with E-state index in [1.54, 1.807) is 0 Å². The molecule has 0 saturated carbocycles. The highest BCUT2D eigenvalue weighted by atomic mass is 79.9. The molecule has 0 N–H and O–H groups in total. The number of halogens is 2. The first-order valence-electron chi connectivity index (χ1n) is 6.85. The molecule has 1 saturated heterocycles. The Morgan fingerprint density at radius 2 is 2.05 bits per heavy atom. The summed E-state index contributed by atoms with van der Waals surface area (Å²) in [7, 11) is 0. The van der Waals surface area contributed by atoms with Gasteiger partial charge in [0.25, 0.3) is 0 Å². The fourth-order valence-electron chi connectivity index (χ4n) is 2.66. The quantitative estimate of drug-likeness (QED) is 0.404. The molecular weight excluding hydrogens is 372 g/mol. The van der Waals surface area contributed by atoms with E-state index in [1.165, 1.54) is 0 Å². The Labute approximate surface area is 132 Å². The van der Waals surface area contributed by atoms with Gasteiger partial charge in [0, 0.05) is 11.2 Å². The van der Waals surface area contributed by atoms with Crippen molar-refractivity contribution >= 4 is 31.9 Å². The maximum atomic E-state index is 6.28. The number of alkyl halides is 2. The largest absolute Gasteiger partial charge is 0.371 e. The second-order valence-electron chi connectivity index (χ2n) is 5.10. The normalized spacial score (nSPS) is 42.3. The monoisotopic (exact) mass is 390 g/mol. The molecule has 0 aliphatic carbocycles. The molecule has 1 fully saturated rings.